The standard InChI is InChI=1S/C11H17NO2/c1-3-11(2,9-13)12(14)10-7-5-4-6-8-10/h4-8,13-14H,3,9H2,1-2H3. The minimum Gasteiger partial charge on any atom is -0.394 e. The first-order valence-corrected chi connectivity index (χ1v) is 4.79. The van der Waals surface area contributed by atoms with Crippen molar-refractivity contribution in [3.63, 3.8) is 0 Å². The number of benzene rings is 1. The zero-order valence-electron chi connectivity index (χ0n) is 8.64. The van der Waals surface area contributed by atoms with Crippen molar-refractivity contribution in [2.45, 2.75) is 25.8 Å². The molecule has 0 aliphatic carbocycles. The van der Waals surface area contributed by atoms with Crippen LogP contribution in [0.25, 0.3) is 0 Å². The van der Waals surface area contributed by atoms with Gasteiger partial charge >= 0.3 is 0 Å². The van der Waals surface area contributed by atoms with Crippen LogP contribution in [-0.4, -0.2) is 22.5 Å². The highest BCUT2D eigenvalue weighted by Gasteiger charge is 2.28. The SMILES string of the molecule is CCC(C)(CO)N(O)c1ccccc1. The summed E-state index contributed by atoms with van der Waals surface area (Å²) in [5.74, 6) is 0. The lowest BCUT2D eigenvalue weighted by atomic mass is 9.99. The number of para-hydroxylation sites is 1. The van der Waals surface area contributed by atoms with E-state index in [-0.39, 0.29) is 6.61 Å². The number of aliphatic hydroxyl groups is 1. The molecule has 1 rings (SSSR count). The van der Waals surface area contributed by atoms with E-state index in [1.54, 1.807) is 0 Å². The molecule has 3 heteroatoms. The van der Waals surface area contributed by atoms with Gasteiger partial charge in [0, 0.05) is 0 Å². The Morgan fingerprint density at radius 2 is 1.86 bits per heavy atom. The highest BCUT2D eigenvalue weighted by Crippen LogP contribution is 2.23. The van der Waals surface area contributed by atoms with Crippen LogP contribution in [0.5, 0.6) is 0 Å². The lowest BCUT2D eigenvalue weighted by Gasteiger charge is -2.35. The van der Waals surface area contributed by atoms with Gasteiger partial charge in [-0.15, -0.1) is 0 Å². The van der Waals surface area contributed by atoms with Crippen molar-refractivity contribution in [2.24, 2.45) is 0 Å². The molecular weight excluding hydrogens is 178 g/mol. The van der Waals surface area contributed by atoms with Crippen LogP contribution in [0.1, 0.15) is 20.3 Å². The van der Waals surface area contributed by atoms with E-state index in [1.165, 1.54) is 0 Å². The molecule has 3 nitrogen and oxygen atoms in total. The lowest BCUT2D eigenvalue weighted by molar-refractivity contribution is 0.0969. The highest BCUT2D eigenvalue weighted by atomic mass is 16.5. The third-order valence-corrected chi connectivity index (χ3v) is 2.61. The van der Waals surface area contributed by atoms with Crippen LogP contribution < -0.4 is 5.06 Å². The van der Waals surface area contributed by atoms with Gasteiger partial charge in [0.05, 0.1) is 17.8 Å². The molecule has 1 atom stereocenters. The second-order valence-corrected chi connectivity index (χ2v) is 3.66. The summed E-state index contributed by atoms with van der Waals surface area (Å²) in [6.45, 7) is 3.68. The van der Waals surface area contributed by atoms with Crippen LogP contribution in [0.3, 0.4) is 0 Å². The molecule has 0 bridgehead atoms. The Labute approximate surface area is 84.6 Å². The topological polar surface area (TPSA) is 43.7 Å². The van der Waals surface area contributed by atoms with Crippen molar-refractivity contribution in [2.75, 3.05) is 11.7 Å². The Hall–Kier alpha value is -1.06. The van der Waals surface area contributed by atoms with Crippen LogP contribution >= 0.6 is 0 Å². The van der Waals surface area contributed by atoms with Crippen LogP contribution in [0, 0.1) is 0 Å². The van der Waals surface area contributed by atoms with Crippen molar-refractivity contribution in [3.05, 3.63) is 30.3 Å². The molecule has 14 heavy (non-hydrogen) atoms. The summed E-state index contributed by atoms with van der Waals surface area (Å²) in [7, 11) is 0. The molecule has 0 aliphatic heterocycles. The summed E-state index contributed by atoms with van der Waals surface area (Å²) >= 11 is 0. The molecule has 1 aromatic rings. The third kappa shape index (κ3) is 2.05. The van der Waals surface area contributed by atoms with Crippen LogP contribution in [-0.2, 0) is 0 Å². The maximum Gasteiger partial charge on any atom is 0.0870 e. The average Bonchev–Trinajstić information content (AvgIpc) is 2.28. The summed E-state index contributed by atoms with van der Waals surface area (Å²) in [6, 6.07) is 9.21. The van der Waals surface area contributed by atoms with E-state index in [2.05, 4.69) is 0 Å². The van der Waals surface area contributed by atoms with Crippen LogP contribution in [0.15, 0.2) is 30.3 Å². The monoisotopic (exact) mass is 195 g/mol. The summed E-state index contributed by atoms with van der Waals surface area (Å²) in [5, 5.41) is 20.3. The smallest absolute Gasteiger partial charge is 0.0870 e. The number of hydrogen-bond acceptors (Lipinski definition) is 3. The Morgan fingerprint density at radius 3 is 2.29 bits per heavy atom. The zero-order chi connectivity index (χ0) is 10.6. The van der Waals surface area contributed by atoms with Gasteiger partial charge in [0.15, 0.2) is 0 Å². The van der Waals surface area contributed by atoms with E-state index in [1.807, 2.05) is 44.2 Å². The second-order valence-electron chi connectivity index (χ2n) is 3.66. The van der Waals surface area contributed by atoms with Crippen LogP contribution in [0.2, 0.25) is 0 Å². The largest absolute Gasteiger partial charge is 0.394 e. The third-order valence-electron chi connectivity index (χ3n) is 2.61. The van der Waals surface area contributed by atoms with Gasteiger partial charge in [0.25, 0.3) is 0 Å². The fourth-order valence-electron chi connectivity index (χ4n) is 1.21. The van der Waals surface area contributed by atoms with E-state index >= 15 is 0 Å². The summed E-state index contributed by atoms with van der Waals surface area (Å²) < 4.78 is 0. The van der Waals surface area contributed by atoms with Gasteiger partial charge in [-0.2, -0.15) is 0 Å². The first-order chi connectivity index (χ1) is 6.64. The molecule has 1 aromatic carbocycles. The fourth-order valence-corrected chi connectivity index (χ4v) is 1.21. The molecule has 0 aromatic heterocycles. The molecule has 0 heterocycles. The molecule has 0 radical (unpaired) electrons. The van der Waals surface area contributed by atoms with Crippen molar-refractivity contribution in [1.29, 1.82) is 0 Å². The second kappa shape index (κ2) is 4.44. The fraction of sp³-hybridized carbons (Fsp3) is 0.455. The van der Waals surface area contributed by atoms with Crippen LogP contribution in [0.4, 0.5) is 5.69 Å². The van der Waals surface area contributed by atoms with E-state index in [4.69, 9.17) is 0 Å². The quantitative estimate of drug-likeness (QED) is 0.722. The Kier molecular flexibility index (Phi) is 3.49. The molecular formula is C11H17NO2. The molecule has 0 spiro atoms. The van der Waals surface area contributed by atoms with Gasteiger partial charge in [0.2, 0.25) is 0 Å². The molecule has 2 N–H and O–H groups in total. The lowest BCUT2D eigenvalue weighted by Crippen LogP contribution is -2.47. The van der Waals surface area contributed by atoms with Crippen molar-refractivity contribution < 1.29 is 10.3 Å². The first kappa shape index (κ1) is 11.0. The first-order valence-electron chi connectivity index (χ1n) is 4.79. The zero-order valence-corrected chi connectivity index (χ0v) is 8.64. The van der Waals surface area contributed by atoms with Gasteiger partial charge in [0.1, 0.15) is 0 Å². The summed E-state index contributed by atoms with van der Waals surface area (Å²) in [5.41, 5.74) is 0.0901. The normalized spacial score (nSPS) is 14.9. The predicted molar refractivity (Wildman–Crippen MR) is 56.5 cm³/mol. The molecule has 0 amide bonds. The van der Waals surface area contributed by atoms with Gasteiger partial charge in [-0.3, -0.25) is 5.21 Å². The average molecular weight is 195 g/mol. The Balaban J connectivity index is 2.89. The number of rotatable bonds is 4. The minimum atomic E-state index is -0.610. The molecule has 0 aliphatic rings. The van der Waals surface area contributed by atoms with Gasteiger partial charge in [-0.25, -0.2) is 5.06 Å². The summed E-state index contributed by atoms with van der Waals surface area (Å²) in [6.07, 6.45) is 0.675. The van der Waals surface area contributed by atoms with E-state index in [9.17, 15) is 10.3 Å². The van der Waals surface area contributed by atoms with E-state index in [0.29, 0.717) is 12.1 Å². The maximum absolute atomic E-state index is 9.91. The van der Waals surface area contributed by atoms with Crippen molar-refractivity contribution in [3.8, 4) is 0 Å². The highest BCUT2D eigenvalue weighted by molar-refractivity contribution is 5.45. The Morgan fingerprint density at radius 1 is 1.29 bits per heavy atom. The number of hydrogen-bond donors (Lipinski definition) is 2. The summed E-state index contributed by atoms with van der Waals surface area (Å²) in [4.78, 5) is 0. The molecule has 0 saturated carbocycles. The van der Waals surface area contributed by atoms with E-state index in [0.717, 1.165) is 5.06 Å². The molecule has 78 valence electrons. The maximum atomic E-state index is 9.91. The molecule has 0 saturated heterocycles. The van der Waals surface area contributed by atoms with Gasteiger partial charge in [-0.05, 0) is 25.5 Å². The van der Waals surface area contributed by atoms with Gasteiger partial charge < -0.3 is 5.11 Å². The predicted octanol–water partition coefficient (Wildman–Crippen LogP) is 2.04. The molecule has 0 fully saturated rings. The number of nitrogens with zero attached hydrogens (tertiary/aromatic N) is 1. The molecule has 1 unspecified atom stereocenters. The number of aliphatic hydroxyl groups excluding tert-OH is 1. The Bertz CT molecular complexity index is 270. The van der Waals surface area contributed by atoms with Gasteiger partial charge in [-0.1, -0.05) is 25.1 Å². The van der Waals surface area contributed by atoms with Crippen molar-refractivity contribution in [1.82, 2.24) is 0 Å². The number of anilines is 1. The number of hydroxylamine groups is 1. The van der Waals surface area contributed by atoms with Crippen molar-refractivity contribution >= 4 is 5.69 Å². The minimum absolute atomic E-state index is 0.0745. The van der Waals surface area contributed by atoms with E-state index < -0.39 is 5.54 Å².